The summed E-state index contributed by atoms with van der Waals surface area (Å²) in [5.41, 5.74) is 0.685. The fourth-order valence-electron chi connectivity index (χ4n) is 4.18. The first-order chi connectivity index (χ1) is 15.7. The van der Waals surface area contributed by atoms with E-state index >= 15 is 0 Å². The molecule has 0 saturated carbocycles. The van der Waals surface area contributed by atoms with Crippen LogP contribution >= 0.6 is 0 Å². The van der Waals surface area contributed by atoms with Crippen LogP contribution in [0.1, 0.15) is 17.3 Å². The molecule has 2 aliphatic heterocycles. The minimum absolute atomic E-state index is 0.0504. The van der Waals surface area contributed by atoms with Crippen LogP contribution in [0.15, 0.2) is 36.4 Å². The van der Waals surface area contributed by atoms with Crippen LogP contribution in [0.5, 0.6) is 5.75 Å². The molecule has 2 aromatic rings. The Morgan fingerprint density at radius 3 is 1.94 bits per heavy atom. The second kappa shape index (κ2) is 10.6. The summed E-state index contributed by atoms with van der Waals surface area (Å²) in [7, 11) is 0. The maximum absolute atomic E-state index is 12.8. The lowest BCUT2D eigenvalue weighted by Gasteiger charge is -2.36. The van der Waals surface area contributed by atoms with Crippen LogP contribution < -0.4 is 14.5 Å². The number of ether oxygens (including phenoxy) is 1. The van der Waals surface area contributed by atoms with E-state index in [1.54, 1.807) is 0 Å². The third kappa shape index (κ3) is 5.28. The molecule has 1 N–H and O–H groups in total. The highest BCUT2D eigenvalue weighted by atomic mass is 16.5. The predicted molar refractivity (Wildman–Crippen MR) is 123 cm³/mol. The zero-order valence-corrected chi connectivity index (χ0v) is 18.7. The van der Waals surface area contributed by atoms with Crippen molar-refractivity contribution in [1.82, 2.24) is 20.0 Å². The van der Waals surface area contributed by atoms with Gasteiger partial charge < -0.3 is 24.5 Å². The average Bonchev–Trinajstić information content (AvgIpc) is 2.85. The predicted octanol–water partition coefficient (Wildman–Crippen LogP) is 0.952. The van der Waals surface area contributed by atoms with Gasteiger partial charge in [-0.3, -0.25) is 9.69 Å². The van der Waals surface area contributed by atoms with Crippen molar-refractivity contribution in [2.24, 2.45) is 0 Å². The van der Waals surface area contributed by atoms with Crippen molar-refractivity contribution < 1.29 is 14.6 Å². The summed E-state index contributed by atoms with van der Waals surface area (Å²) in [4.78, 5) is 21.4. The number of aromatic nitrogens is 2. The van der Waals surface area contributed by atoms with Crippen LogP contribution in [0.4, 0.5) is 11.6 Å². The van der Waals surface area contributed by atoms with E-state index in [0.717, 1.165) is 63.2 Å². The smallest absolute Gasteiger partial charge is 0.253 e. The normalized spacial score (nSPS) is 17.5. The highest BCUT2D eigenvalue weighted by molar-refractivity contribution is 5.94. The molecule has 0 aliphatic carbocycles. The van der Waals surface area contributed by atoms with E-state index in [1.165, 1.54) is 0 Å². The molecule has 4 rings (SSSR count). The van der Waals surface area contributed by atoms with Crippen molar-refractivity contribution in [1.29, 1.82) is 0 Å². The number of hydrogen-bond acceptors (Lipinski definition) is 8. The lowest BCUT2D eigenvalue weighted by atomic mass is 10.1. The minimum Gasteiger partial charge on any atom is -0.494 e. The Hall–Kier alpha value is -2.91. The van der Waals surface area contributed by atoms with E-state index in [9.17, 15) is 4.79 Å². The summed E-state index contributed by atoms with van der Waals surface area (Å²) in [6.07, 6.45) is 0. The van der Waals surface area contributed by atoms with Crippen molar-refractivity contribution in [2.75, 3.05) is 81.9 Å². The number of aliphatic hydroxyl groups is 1. The first-order valence-corrected chi connectivity index (χ1v) is 11.4. The topological polar surface area (TPSA) is 85.3 Å². The van der Waals surface area contributed by atoms with E-state index in [4.69, 9.17) is 9.84 Å². The number of piperazine rings is 2. The monoisotopic (exact) mass is 440 g/mol. The Morgan fingerprint density at radius 2 is 1.44 bits per heavy atom. The van der Waals surface area contributed by atoms with Crippen LogP contribution in [0, 0.1) is 0 Å². The summed E-state index contributed by atoms with van der Waals surface area (Å²) in [6, 6.07) is 11.4. The highest BCUT2D eigenvalue weighted by Crippen LogP contribution is 2.19. The minimum atomic E-state index is 0.0504. The van der Waals surface area contributed by atoms with Gasteiger partial charge in [0.2, 0.25) is 0 Å². The largest absolute Gasteiger partial charge is 0.494 e. The number of carbonyl (C=O) groups is 1. The Labute approximate surface area is 189 Å². The molecule has 9 heteroatoms. The number of hydrogen-bond donors (Lipinski definition) is 1. The van der Waals surface area contributed by atoms with E-state index in [1.807, 2.05) is 48.2 Å². The Kier molecular flexibility index (Phi) is 7.39. The molecule has 2 saturated heterocycles. The van der Waals surface area contributed by atoms with Gasteiger partial charge in [-0.1, -0.05) is 0 Å². The average molecular weight is 441 g/mol. The molecule has 0 radical (unpaired) electrons. The van der Waals surface area contributed by atoms with Crippen LogP contribution in [0.3, 0.4) is 0 Å². The number of carbonyl (C=O) groups excluding carboxylic acids is 1. The number of benzene rings is 1. The summed E-state index contributed by atoms with van der Waals surface area (Å²) < 4.78 is 5.45. The Morgan fingerprint density at radius 1 is 0.875 bits per heavy atom. The lowest BCUT2D eigenvalue weighted by molar-refractivity contribution is 0.0746. The van der Waals surface area contributed by atoms with E-state index < -0.39 is 0 Å². The van der Waals surface area contributed by atoms with Crippen LogP contribution in [-0.2, 0) is 0 Å². The molecule has 0 bridgehead atoms. The number of aliphatic hydroxyl groups excluding tert-OH is 1. The van der Waals surface area contributed by atoms with E-state index in [0.29, 0.717) is 25.3 Å². The van der Waals surface area contributed by atoms with Crippen molar-refractivity contribution in [3.8, 4) is 5.75 Å². The molecule has 1 aromatic carbocycles. The Balaban J connectivity index is 1.28. The first kappa shape index (κ1) is 22.3. The van der Waals surface area contributed by atoms with Gasteiger partial charge >= 0.3 is 0 Å². The molecule has 0 unspecified atom stereocenters. The molecule has 2 aliphatic rings. The molecular formula is C23H32N6O3. The van der Waals surface area contributed by atoms with Gasteiger partial charge in [0, 0.05) is 64.5 Å². The molecule has 9 nitrogen and oxygen atoms in total. The van der Waals surface area contributed by atoms with Crippen LogP contribution in [0.25, 0.3) is 0 Å². The van der Waals surface area contributed by atoms with Gasteiger partial charge in [-0.25, -0.2) is 0 Å². The van der Waals surface area contributed by atoms with Gasteiger partial charge in [0.05, 0.1) is 13.2 Å². The molecule has 32 heavy (non-hydrogen) atoms. The maximum Gasteiger partial charge on any atom is 0.253 e. The maximum atomic E-state index is 12.8. The fourth-order valence-corrected chi connectivity index (χ4v) is 4.18. The van der Waals surface area contributed by atoms with Gasteiger partial charge in [-0.15, -0.1) is 10.2 Å². The van der Waals surface area contributed by atoms with Gasteiger partial charge in [0.1, 0.15) is 5.75 Å². The van der Waals surface area contributed by atoms with Crippen molar-refractivity contribution in [3.05, 3.63) is 42.0 Å². The van der Waals surface area contributed by atoms with Crippen LogP contribution in [-0.4, -0.2) is 103 Å². The second-order valence-corrected chi connectivity index (χ2v) is 8.04. The number of anilines is 2. The molecule has 172 valence electrons. The standard InChI is InChI=1S/C23H32N6O3/c1-2-32-20-5-3-19(4-6-20)23(31)29-15-13-28(14-16-29)22-8-7-21(24-25-22)27-11-9-26(10-12-27)17-18-30/h3-8,30H,2,9-18H2,1H3. The third-order valence-electron chi connectivity index (χ3n) is 6.05. The molecular weight excluding hydrogens is 408 g/mol. The second-order valence-electron chi connectivity index (χ2n) is 8.04. The number of nitrogens with zero attached hydrogens (tertiary/aromatic N) is 6. The summed E-state index contributed by atoms with van der Waals surface area (Å²) in [6.45, 7) is 9.89. The van der Waals surface area contributed by atoms with Gasteiger partial charge in [0.15, 0.2) is 11.6 Å². The molecule has 1 aromatic heterocycles. The number of rotatable bonds is 7. The zero-order chi connectivity index (χ0) is 22.3. The molecule has 1 amide bonds. The number of amides is 1. The SMILES string of the molecule is CCOc1ccc(C(=O)N2CCN(c3ccc(N4CCN(CCO)CC4)nn3)CC2)cc1. The van der Waals surface area contributed by atoms with Crippen LogP contribution in [0.2, 0.25) is 0 Å². The van der Waals surface area contributed by atoms with Gasteiger partial charge in [0.25, 0.3) is 5.91 Å². The third-order valence-corrected chi connectivity index (χ3v) is 6.05. The molecule has 0 spiro atoms. The van der Waals surface area contributed by atoms with E-state index in [-0.39, 0.29) is 12.5 Å². The molecule has 3 heterocycles. The zero-order valence-electron chi connectivity index (χ0n) is 18.7. The summed E-state index contributed by atoms with van der Waals surface area (Å²) in [5.74, 6) is 2.57. The fraction of sp³-hybridized carbons (Fsp3) is 0.522. The quantitative estimate of drug-likeness (QED) is 0.681. The molecule has 2 fully saturated rings. The van der Waals surface area contributed by atoms with Crippen molar-refractivity contribution in [3.63, 3.8) is 0 Å². The number of β-amino-alcohol motifs (C(OH)–C–C–N with tert-alkyl or cyclic N) is 1. The Bertz CT molecular complexity index is 860. The first-order valence-electron chi connectivity index (χ1n) is 11.4. The van der Waals surface area contributed by atoms with E-state index in [2.05, 4.69) is 24.9 Å². The van der Waals surface area contributed by atoms with Crippen molar-refractivity contribution in [2.45, 2.75) is 6.92 Å². The summed E-state index contributed by atoms with van der Waals surface area (Å²) in [5, 5.41) is 18.0. The molecule has 0 atom stereocenters. The van der Waals surface area contributed by atoms with Gasteiger partial charge in [-0.05, 0) is 43.3 Å². The lowest BCUT2D eigenvalue weighted by Crippen LogP contribution is -2.49. The van der Waals surface area contributed by atoms with Gasteiger partial charge in [-0.2, -0.15) is 0 Å². The summed E-state index contributed by atoms with van der Waals surface area (Å²) >= 11 is 0. The van der Waals surface area contributed by atoms with Crippen molar-refractivity contribution >= 4 is 17.5 Å². The highest BCUT2D eigenvalue weighted by Gasteiger charge is 2.24.